The number of carboxylic acids is 1. The van der Waals surface area contributed by atoms with E-state index in [0.29, 0.717) is 18.8 Å². The van der Waals surface area contributed by atoms with Gasteiger partial charge in [-0.1, -0.05) is 6.07 Å². The molecular formula is C25H32N2O6. The predicted octanol–water partition coefficient (Wildman–Crippen LogP) is 1.36. The number of carboxylic acid groups (broad SMARTS) is 1. The average molecular weight is 457 g/mol. The fourth-order valence-electron chi connectivity index (χ4n) is 6.61. The molecule has 0 radical (unpaired) electrons. The first-order valence-corrected chi connectivity index (χ1v) is 12.0. The standard InChI is InChI=1S/C25H32N2O6/c1-14(23(31)32)26-22(30)9-17-11-25(33)21-8-16-4-5-18(28)10-19(16)24(25,12-20(17)29)6-7-27(21)13-15-2-3-15/h4-5,10,14-15,17,21,28,33H,2-3,6-9,11-13H2,1H3,(H,26,30)(H,31,32)/t14-,17-,21+,24?,25+/m0/s1. The van der Waals surface area contributed by atoms with Crippen LogP contribution in [0, 0.1) is 11.8 Å². The zero-order chi connectivity index (χ0) is 23.5. The number of ketones is 1. The highest BCUT2D eigenvalue weighted by molar-refractivity contribution is 5.91. The van der Waals surface area contributed by atoms with Crippen molar-refractivity contribution in [2.75, 3.05) is 13.1 Å². The Morgan fingerprint density at radius 2 is 2.06 bits per heavy atom. The summed E-state index contributed by atoms with van der Waals surface area (Å²) in [6.45, 7) is 3.12. The lowest BCUT2D eigenvalue weighted by atomic mass is 9.47. The molecule has 2 saturated carbocycles. The monoisotopic (exact) mass is 456 g/mol. The van der Waals surface area contributed by atoms with Crippen molar-refractivity contribution in [2.45, 2.75) is 75.0 Å². The van der Waals surface area contributed by atoms with Gasteiger partial charge >= 0.3 is 5.97 Å². The number of phenolic OH excluding ortho intramolecular Hbond substituents is 1. The first kappa shape index (κ1) is 22.3. The highest BCUT2D eigenvalue weighted by atomic mass is 16.4. The number of likely N-dealkylation sites (tertiary alicyclic amines) is 1. The Labute approximate surface area is 193 Å². The number of nitrogens with zero attached hydrogens (tertiary/aromatic N) is 1. The number of carbonyl (C=O) groups excluding carboxylic acids is 2. The van der Waals surface area contributed by atoms with E-state index in [2.05, 4.69) is 10.2 Å². The molecule has 0 aromatic heterocycles. The van der Waals surface area contributed by atoms with Gasteiger partial charge in [0.2, 0.25) is 5.91 Å². The average Bonchev–Trinajstić information content (AvgIpc) is 3.55. The molecule has 1 aromatic carbocycles. The largest absolute Gasteiger partial charge is 0.508 e. The summed E-state index contributed by atoms with van der Waals surface area (Å²) in [4.78, 5) is 39.3. The maximum absolute atomic E-state index is 13.3. The Bertz CT molecular complexity index is 1010. The quantitative estimate of drug-likeness (QED) is 0.509. The number of phenols is 1. The van der Waals surface area contributed by atoms with E-state index in [0.717, 1.165) is 24.2 Å². The van der Waals surface area contributed by atoms with Crippen LogP contribution in [-0.2, 0) is 26.2 Å². The number of aliphatic carboxylic acids is 1. The minimum Gasteiger partial charge on any atom is -0.508 e. The molecule has 5 rings (SSSR count). The van der Waals surface area contributed by atoms with Gasteiger partial charge in [0.25, 0.3) is 0 Å². The van der Waals surface area contributed by atoms with Crippen molar-refractivity contribution in [1.29, 1.82) is 0 Å². The number of amides is 1. The number of carbonyl (C=O) groups is 3. The van der Waals surface area contributed by atoms with Gasteiger partial charge in [-0.15, -0.1) is 0 Å². The molecule has 0 spiro atoms. The Balaban J connectivity index is 1.48. The van der Waals surface area contributed by atoms with Gasteiger partial charge in [0.15, 0.2) is 0 Å². The molecule has 5 atom stereocenters. The maximum atomic E-state index is 13.3. The van der Waals surface area contributed by atoms with Crippen LogP contribution in [0.4, 0.5) is 0 Å². The molecule has 1 saturated heterocycles. The number of fused-ring (bicyclic) bond motifs is 1. The first-order chi connectivity index (χ1) is 15.6. The molecule has 1 unspecified atom stereocenters. The maximum Gasteiger partial charge on any atom is 0.325 e. The number of rotatable bonds is 6. The van der Waals surface area contributed by atoms with Gasteiger partial charge in [0.1, 0.15) is 17.6 Å². The van der Waals surface area contributed by atoms with E-state index in [4.69, 9.17) is 5.11 Å². The Morgan fingerprint density at radius 1 is 1.30 bits per heavy atom. The lowest BCUT2D eigenvalue weighted by molar-refractivity contribution is -0.182. The lowest BCUT2D eigenvalue weighted by Crippen LogP contribution is -2.74. The van der Waals surface area contributed by atoms with Crippen molar-refractivity contribution >= 4 is 17.7 Å². The third-order valence-electron chi connectivity index (χ3n) is 8.53. The Morgan fingerprint density at radius 3 is 2.76 bits per heavy atom. The van der Waals surface area contributed by atoms with Crippen LogP contribution in [0.15, 0.2) is 18.2 Å². The second-order valence-corrected chi connectivity index (χ2v) is 10.6. The van der Waals surface area contributed by atoms with Crippen molar-refractivity contribution in [3.63, 3.8) is 0 Å². The van der Waals surface area contributed by atoms with Gasteiger partial charge in [0.05, 0.1) is 5.60 Å². The second-order valence-electron chi connectivity index (χ2n) is 10.6. The zero-order valence-electron chi connectivity index (χ0n) is 18.9. The second kappa shape index (κ2) is 7.81. The van der Waals surface area contributed by atoms with Crippen molar-refractivity contribution < 1.29 is 29.7 Å². The highest BCUT2D eigenvalue weighted by Crippen LogP contribution is 2.59. The van der Waals surface area contributed by atoms with Crippen molar-refractivity contribution in [3.8, 4) is 5.75 Å². The van der Waals surface area contributed by atoms with Crippen LogP contribution in [0.1, 0.15) is 56.6 Å². The van der Waals surface area contributed by atoms with Crippen LogP contribution in [0.2, 0.25) is 0 Å². The van der Waals surface area contributed by atoms with Crippen LogP contribution in [0.3, 0.4) is 0 Å². The fraction of sp³-hybridized carbons (Fsp3) is 0.640. The number of aromatic hydroxyl groups is 1. The topological polar surface area (TPSA) is 127 Å². The number of benzene rings is 1. The van der Waals surface area contributed by atoms with Crippen LogP contribution in [0.5, 0.6) is 5.75 Å². The Kier molecular flexibility index (Phi) is 5.29. The molecule has 8 heteroatoms. The Hall–Kier alpha value is -2.45. The van der Waals surface area contributed by atoms with E-state index in [-0.39, 0.29) is 36.8 Å². The lowest BCUT2D eigenvalue weighted by Gasteiger charge is -2.64. The van der Waals surface area contributed by atoms with E-state index in [9.17, 15) is 24.6 Å². The number of aliphatic hydroxyl groups is 1. The summed E-state index contributed by atoms with van der Waals surface area (Å²) >= 11 is 0. The van der Waals surface area contributed by atoms with E-state index >= 15 is 0 Å². The number of nitrogens with one attached hydrogen (secondary N) is 1. The van der Waals surface area contributed by atoms with Gasteiger partial charge in [0, 0.05) is 36.8 Å². The third kappa shape index (κ3) is 3.64. The molecule has 3 fully saturated rings. The minimum atomic E-state index is -1.20. The third-order valence-corrected chi connectivity index (χ3v) is 8.53. The molecule has 3 aliphatic carbocycles. The number of Topliss-reactive ketones (excluding diaryl/α,β-unsaturated/α-hetero) is 1. The number of hydrogen-bond donors (Lipinski definition) is 4. The van der Waals surface area contributed by atoms with Crippen molar-refractivity contribution in [3.05, 3.63) is 29.3 Å². The van der Waals surface area contributed by atoms with Gasteiger partial charge in [-0.3, -0.25) is 19.3 Å². The smallest absolute Gasteiger partial charge is 0.325 e. The number of hydrogen-bond acceptors (Lipinski definition) is 6. The molecule has 178 valence electrons. The summed E-state index contributed by atoms with van der Waals surface area (Å²) in [5.74, 6) is -1.58. The van der Waals surface area contributed by atoms with Gasteiger partial charge in [-0.25, -0.2) is 0 Å². The predicted molar refractivity (Wildman–Crippen MR) is 119 cm³/mol. The van der Waals surface area contributed by atoms with Gasteiger partial charge in [-0.2, -0.15) is 0 Å². The molecule has 1 aromatic rings. The highest BCUT2D eigenvalue weighted by Gasteiger charge is 2.66. The van der Waals surface area contributed by atoms with Crippen molar-refractivity contribution in [1.82, 2.24) is 10.2 Å². The summed E-state index contributed by atoms with van der Waals surface area (Å²) in [6.07, 6.45) is 3.85. The SMILES string of the molecule is C[C@H](NC(=O)C[C@H]1C[C@@]2(O)[C@H]3Cc4ccc(O)cc4C2(CCN3CC2CC2)CC1=O)C(=O)O. The summed E-state index contributed by atoms with van der Waals surface area (Å²) < 4.78 is 0. The molecule has 1 aliphatic heterocycles. The summed E-state index contributed by atoms with van der Waals surface area (Å²) in [5, 5.41) is 34.1. The molecule has 2 bridgehead atoms. The van der Waals surface area contributed by atoms with E-state index in [1.54, 1.807) is 12.1 Å². The number of piperidine rings is 1. The first-order valence-electron chi connectivity index (χ1n) is 12.0. The van der Waals surface area contributed by atoms with E-state index < -0.39 is 34.9 Å². The van der Waals surface area contributed by atoms with Gasteiger partial charge < -0.3 is 20.6 Å². The fourth-order valence-corrected chi connectivity index (χ4v) is 6.61. The van der Waals surface area contributed by atoms with Gasteiger partial charge in [-0.05, 0) is 74.8 Å². The van der Waals surface area contributed by atoms with Crippen LogP contribution in [-0.4, -0.2) is 68.7 Å². The molecule has 1 amide bonds. The van der Waals surface area contributed by atoms with Crippen LogP contribution in [0.25, 0.3) is 0 Å². The summed E-state index contributed by atoms with van der Waals surface area (Å²) in [5.41, 5.74) is -0.0361. The van der Waals surface area contributed by atoms with E-state index in [1.807, 2.05) is 6.07 Å². The summed E-state index contributed by atoms with van der Waals surface area (Å²) in [7, 11) is 0. The van der Waals surface area contributed by atoms with Crippen LogP contribution >= 0.6 is 0 Å². The van der Waals surface area contributed by atoms with E-state index in [1.165, 1.54) is 19.8 Å². The minimum absolute atomic E-state index is 0.0802. The van der Waals surface area contributed by atoms with Crippen molar-refractivity contribution in [2.24, 2.45) is 11.8 Å². The zero-order valence-corrected chi connectivity index (χ0v) is 18.9. The molecule has 4 aliphatic rings. The van der Waals surface area contributed by atoms with Crippen LogP contribution < -0.4 is 5.32 Å². The molecule has 33 heavy (non-hydrogen) atoms. The molecule has 8 nitrogen and oxygen atoms in total. The normalized spacial score (nSPS) is 34.2. The molecule has 1 heterocycles. The molecular weight excluding hydrogens is 424 g/mol. The molecule has 4 N–H and O–H groups in total. The summed E-state index contributed by atoms with van der Waals surface area (Å²) in [6, 6.07) is 4.10.